The fraction of sp³-hybridized carbons (Fsp3) is 0.533. The minimum atomic E-state index is -0.195. The molecule has 1 saturated heterocycles. The van der Waals surface area contributed by atoms with Gasteiger partial charge in [-0.15, -0.1) is 0 Å². The Hall–Kier alpha value is -1.35. The monoisotopic (exact) mass is 247 g/mol. The molecule has 3 nitrogen and oxygen atoms in total. The molecule has 2 rings (SSSR count). The summed E-state index contributed by atoms with van der Waals surface area (Å²) in [6, 6.07) is 9.23. The molecule has 18 heavy (non-hydrogen) atoms. The number of carbonyl (C=O) groups is 1. The zero-order valence-corrected chi connectivity index (χ0v) is 10.7. The van der Waals surface area contributed by atoms with E-state index in [0.29, 0.717) is 5.56 Å². The van der Waals surface area contributed by atoms with Gasteiger partial charge in [0.05, 0.1) is 5.56 Å². The summed E-state index contributed by atoms with van der Waals surface area (Å²) >= 11 is 0. The molecule has 0 spiro atoms. The van der Waals surface area contributed by atoms with Gasteiger partial charge in [0.15, 0.2) is 0 Å². The van der Waals surface area contributed by atoms with Gasteiger partial charge in [0.25, 0.3) is 0 Å². The molecule has 1 unspecified atom stereocenters. The molecule has 1 aliphatic rings. The van der Waals surface area contributed by atoms with Crippen molar-refractivity contribution in [1.29, 1.82) is 0 Å². The van der Waals surface area contributed by atoms with E-state index >= 15 is 0 Å². The molecule has 3 heteroatoms. The first kappa shape index (κ1) is 13.1. The third kappa shape index (κ3) is 4.15. The lowest BCUT2D eigenvalue weighted by Crippen LogP contribution is -2.24. The molecule has 0 amide bonds. The van der Waals surface area contributed by atoms with Crippen LogP contribution in [0.4, 0.5) is 0 Å². The molecule has 1 aromatic rings. The first-order valence-corrected chi connectivity index (χ1v) is 6.83. The van der Waals surface area contributed by atoms with E-state index in [0.717, 1.165) is 32.4 Å². The molecule has 98 valence electrons. The highest BCUT2D eigenvalue weighted by molar-refractivity contribution is 5.89. The smallest absolute Gasteiger partial charge is 0.338 e. The van der Waals surface area contributed by atoms with Crippen molar-refractivity contribution in [2.45, 2.75) is 38.2 Å². The van der Waals surface area contributed by atoms with Crippen LogP contribution in [0.5, 0.6) is 0 Å². The second kappa shape index (κ2) is 7.17. The summed E-state index contributed by atoms with van der Waals surface area (Å²) in [4.78, 5) is 12.0. The van der Waals surface area contributed by atoms with Crippen molar-refractivity contribution in [3.63, 3.8) is 0 Å². The summed E-state index contributed by atoms with van der Waals surface area (Å²) in [6.07, 6.45) is 5.54. The summed E-state index contributed by atoms with van der Waals surface area (Å²) in [6.45, 7) is 2.02. The maximum Gasteiger partial charge on any atom is 0.338 e. The highest BCUT2D eigenvalue weighted by atomic mass is 16.5. The lowest BCUT2D eigenvalue weighted by atomic mass is 10.1. The molecule has 0 radical (unpaired) electrons. The summed E-state index contributed by atoms with van der Waals surface area (Å²) in [7, 11) is 0. The molecule has 0 saturated carbocycles. The number of esters is 1. The molecule has 0 aliphatic carbocycles. The largest absolute Gasteiger partial charge is 0.459 e. The van der Waals surface area contributed by atoms with E-state index < -0.39 is 0 Å². The zero-order chi connectivity index (χ0) is 12.6. The number of rotatable bonds is 2. The van der Waals surface area contributed by atoms with Gasteiger partial charge in [-0.3, -0.25) is 0 Å². The average Bonchev–Trinajstić information content (AvgIpc) is 2.54. The minimum Gasteiger partial charge on any atom is -0.459 e. The van der Waals surface area contributed by atoms with E-state index in [4.69, 9.17) is 4.74 Å². The van der Waals surface area contributed by atoms with E-state index in [1.165, 1.54) is 12.8 Å². The van der Waals surface area contributed by atoms with Crippen LogP contribution in [0.1, 0.15) is 42.5 Å². The molecule has 0 bridgehead atoms. The van der Waals surface area contributed by atoms with E-state index in [9.17, 15) is 4.79 Å². The van der Waals surface area contributed by atoms with E-state index in [-0.39, 0.29) is 12.1 Å². The maximum absolute atomic E-state index is 12.0. The zero-order valence-electron chi connectivity index (χ0n) is 10.7. The number of hydrogen-bond acceptors (Lipinski definition) is 3. The predicted octanol–water partition coefficient (Wildman–Crippen LogP) is 2.77. The molecular formula is C15H21NO2. The van der Waals surface area contributed by atoms with Crippen molar-refractivity contribution in [3.05, 3.63) is 35.9 Å². The second-order valence-corrected chi connectivity index (χ2v) is 4.78. The number of nitrogens with one attached hydrogen (secondary N) is 1. The van der Waals surface area contributed by atoms with Crippen LogP contribution in [0.3, 0.4) is 0 Å². The van der Waals surface area contributed by atoms with E-state index in [1.807, 2.05) is 18.2 Å². The Kier molecular flexibility index (Phi) is 5.21. The Labute approximate surface area is 109 Å². The number of hydrogen-bond donors (Lipinski definition) is 1. The Balaban J connectivity index is 1.88. The van der Waals surface area contributed by atoms with Gasteiger partial charge >= 0.3 is 5.97 Å². The Bertz CT molecular complexity index is 354. The molecule has 1 heterocycles. The molecule has 0 aromatic heterocycles. The summed E-state index contributed by atoms with van der Waals surface area (Å²) in [5.74, 6) is -0.195. The summed E-state index contributed by atoms with van der Waals surface area (Å²) in [5, 5.41) is 3.38. The van der Waals surface area contributed by atoms with Gasteiger partial charge < -0.3 is 10.1 Å². The van der Waals surface area contributed by atoms with Crippen molar-refractivity contribution >= 4 is 5.97 Å². The van der Waals surface area contributed by atoms with Crippen molar-refractivity contribution in [1.82, 2.24) is 5.32 Å². The quantitative estimate of drug-likeness (QED) is 0.817. The maximum atomic E-state index is 12.0. The van der Waals surface area contributed by atoms with Crippen LogP contribution in [0.2, 0.25) is 0 Å². The Morgan fingerprint density at radius 1 is 1.06 bits per heavy atom. The van der Waals surface area contributed by atoms with Crippen LogP contribution in [0, 0.1) is 0 Å². The van der Waals surface area contributed by atoms with Gasteiger partial charge in [0, 0.05) is 0 Å². The van der Waals surface area contributed by atoms with E-state index in [1.54, 1.807) is 12.1 Å². The van der Waals surface area contributed by atoms with Gasteiger partial charge in [0.1, 0.15) is 6.10 Å². The fourth-order valence-corrected chi connectivity index (χ4v) is 2.24. The number of carbonyl (C=O) groups excluding carboxylic acids is 1. The summed E-state index contributed by atoms with van der Waals surface area (Å²) < 4.78 is 5.59. The standard InChI is InChI=1S/C15H21NO2/c17-15(13-7-3-1-4-8-13)18-14-9-5-2-6-11-16-12-10-14/h1,3-4,7-8,14,16H,2,5-6,9-12H2. The topological polar surface area (TPSA) is 38.3 Å². The molecule has 1 fully saturated rings. The highest BCUT2D eigenvalue weighted by Gasteiger charge is 2.16. The molecular weight excluding hydrogens is 226 g/mol. The lowest BCUT2D eigenvalue weighted by molar-refractivity contribution is 0.0261. The molecule has 1 aliphatic heterocycles. The SMILES string of the molecule is O=C(OC1CCCCCNCC1)c1ccccc1. The van der Waals surface area contributed by atoms with Crippen molar-refractivity contribution in [2.24, 2.45) is 0 Å². The van der Waals surface area contributed by atoms with Gasteiger partial charge in [-0.05, 0) is 50.9 Å². The van der Waals surface area contributed by atoms with Gasteiger partial charge in [-0.1, -0.05) is 24.6 Å². The van der Waals surface area contributed by atoms with E-state index in [2.05, 4.69) is 5.32 Å². The van der Waals surface area contributed by atoms with Crippen LogP contribution >= 0.6 is 0 Å². The third-order valence-corrected chi connectivity index (χ3v) is 3.31. The first-order valence-electron chi connectivity index (χ1n) is 6.83. The van der Waals surface area contributed by atoms with Gasteiger partial charge in [-0.25, -0.2) is 4.79 Å². The second-order valence-electron chi connectivity index (χ2n) is 4.78. The van der Waals surface area contributed by atoms with Gasteiger partial charge in [-0.2, -0.15) is 0 Å². The van der Waals surface area contributed by atoms with Crippen LogP contribution in [-0.2, 0) is 4.74 Å². The predicted molar refractivity (Wildman–Crippen MR) is 71.6 cm³/mol. The molecule has 1 aromatic carbocycles. The minimum absolute atomic E-state index is 0.0586. The van der Waals surface area contributed by atoms with Gasteiger partial charge in [0.2, 0.25) is 0 Å². The van der Waals surface area contributed by atoms with Crippen LogP contribution in [-0.4, -0.2) is 25.2 Å². The fourth-order valence-electron chi connectivity index (χ4n) is 2.24. The highest BCUT2D eigenvalue weighted by Crippen LogP contribution is 2.14. The Morgan fingerprint density at radius 3 is 2.72 bits per heavy atom. The van der Waals surface area contributed by atoms with Crippen molar-refractivity contribution in [2.75, 3.05) is 13.1 Å². The normalized spacial score (nSPS) is 21.4. The third-order valence-electron chi connectivity index (χ3n) is 3.31. The first-order chi connectivity index (χ1) is 8.86. The molecule has 1 N–H and O–H groups in total. The lowest BCUT2D eigenvalue weighted by Gasteiger charge is -2.17. The number of ether oxygens (including phenoxy) is 1. The molecule has 1 atom stereocenters. The Morgan fingerprint density at radius 2 is 1.89 bits per heavy atom. The van der Waals surface area contributed by atoms with Crippen LogP contribution in [0.25, 0.3) is 0 Å². The average molecular weight is 247 g/mol. The van der Waals surface area contributed by atoms with Crippen LogP contribution in [0.15, 0.2) is 30.3 Å². The van der Waals surface area contributed by atoms with Crippen LogP contribution < -0.4 is 5.32 Å². The number of benzene rings is 1. The summed E-state index contributed by atoms with van der Waals surface area (Å²) in [5.41, 5.74) is 0.644. The van der Waals surface area contributed by atoms with Crippen molar-refractivity contribution in [3.8, 4) is 0 Å². The van der Waals surface area contributed by atoms with Crippen molar-refractivity contribution < 1.29 is 9.53 Å².